The van der Waals surface area contributed by atoms with Gasteiger partial charge in [-0.05, 0) is 35.7 Å². The number of H-pyrrole nitrogens is 1. The molecule has 0 spiro atoms. The van der Waals surface area contributed by atoms with Crippen molar-refractivity contribution in [1.82, 2.24) is 24.3 Å². The predicted molar refractivity (Wildman–Crippen MR) is 131 cm³/mol. The van der Waals surface area contributed by atoms with Crippen LogP contribution in [0.2, 0.25) is 0 Å². The van der Waals surface area contributed by atoms with Gasteiger partial charge in [-0.3, -0.25) is 9.59 Å². The van der Waals surface area contributed by atoms with E-state index in [-0.39, 0.29) is 24.4 Å². The largest absolute Gasteiger partial charge is 0.497 e. The van der Waals surface area contributed by atoms with E-state index in [9.17, 15) is 9.59 Å². The van der Waals surface area contributed by atoms with Crippen LogP contribution < -0.4 is 4.74 Å². The molecule has 2 amide bonds. The molecular formula is C27H27N5O3. The lowest BCUT2D eigenvalue weighted by Crippen LogP contribution is -2.63. The minimum atomic E-state index is -0.535. The predicted octanol–water partition coefficient (Wildman–Crippen LogP) is 3.15. The van der Waals surface area contributed by atoms with Gasteiger partial charge in [-0.15, -0.1) is 0 Å². The molecule has 8 nitrogen and oxygen atoms in total. The summed E-state index contributed by atoms with van der Waals surface area (Å²) in [7, 11) is 1.63. The molecule has 0 aliphatic carbocycles. The molecule has 0 saturated carbocycles. The first-order valence-electron chi connectivity index (χ1n) is 11.9. The fourth-order valence-corrected chi connectivity index (χ4v) is 5.53. The number of methoxy groups -OCH3 is 1. The first-order chi connectivity index (χ1) is 17.1. The Labute approximate surface area is 203 Å². The third-order valence-electron chi connectivity index (χ3n) is 7.16. The maximum absolute atomic E-state index is 13.7. The number of benzene rings is 2. The molecule has 2 aliphatic heterocycles. The molecule has 6 rings (SSSR count). The lowest BCUT2D eigenvalue weighted by atomic mass is 9.86. The van der Waals surface area contributed by atoms with Crippen molar-refractivity contribution in [1.29, 1.82) is 0 Å². The van der Waals surface area contributed by atoms with E-state index in [2.05, 4.69) is 16.0 Å². The fraction of sp³-hybridized carbons (Fsp3) is 0.296. The summed E-state index contributed by atoms with van der Waals surface area (Å²) in [5.41, 5.74) is 4.03. The third kappa shape index (κ3) is 3.65. The van der Waals surface area contributed by atoms with Crippen molar-refractivity contribution in [2.75, 3.05) is 20.2 Å². The SMILES string of the molecule is COc1cccc(C2c3[nH]c4ccccc4c3CC3C(=O)N(CCCn4ccnc4)CC(=O)N32)c1. The number of aromatic nitrogens is 3. The van der Waals surface area contributed by atoms with Gasteiger partial charge in [0.2, 0.25) is 11.8 Å². The number of nitrogens with zero attached hydrogens (tertiary/aromatic N) is 4. The van der Waals surface area contributed by atoms with Crippen molar-refractivity contribution in [3.8, 4) is 5.75 Å². The Morgan fingerprint density at radius 3 is 2.83 bits per heavy atom. The van der Waals surface area contributed by atoms with Gasteiger partial charge in [-0.25, -0.2) is 4.98 Å². The lowest BCUT2D eigenvalue weighted by Gasteiger charge is -2.47. The Morgan fingerprint density at radius 1 is 1.11 bits per heavy atom. The molecule has 4 heterocycles. The summed E-state index contributed by atoms with van der Waals surface area (Å²) >= 11 is 0. The highest BCUT2D eigenvalue weighted by atomic mass is 16.5. The van der Waals surface area contributed by atoms with E-state index in [1.165, 1.54) is 0 Å². The second-order valence-electron chi connectivity index (χ2n) is 9.18. The van der Waals surface area contributed by atoms with Crippen LogP contribution >= 0.6 is 0 Å². The van der Waals surface area contributed by atoms with Gasteiger partial charge in [0, 0.05) is 48.5 Å². The van der Waals surface area contributed by atoms with Crippen molar-refractivity contribution in [2.45, 2.75) is 31.5 Å². The highest BCUT2D eigenvalue weighted by Gasteiger charge is 2.48. The van der Waals surface area contributed by atoms with Crippen molar-refractivity contribution in [3.05, 3.63) is 84.1 Å². The molecule has 2 aromatic heterocycles. The molecule has 2 aromatic carbocycles. The quantitative estimate of drug-likeness (QED) is 0.470. The molecule has 1 fully saturated rings. The van der Waals surface area contributed by atoms with Gasteiger partial charge in [0.15, 0.2) is 0 Å². The van der Waals surface area contributed by atoms with E-state index >= 15 is 0 Å². The summed E-state index contributed by atoms with van der Waals surface area (Å²) in [6.07, 6.45) is 6.68. The van der Waals surface area contributed by atoms with E-state index < -0.39 is 6.04 Å². The Kier molecular flexibility index (Phi) is 5.28. The number of carbonyl (C=O) groups is 2. The summed E-state index contributed by atoms with van der Waals surface area (Å²) in [6.45, 7) is 1.39. The number of hydrogen-bond acceptors (Lipinski definition) is 4. The summed E-state index contributed by atoms with van der Waals surface area (Å²) in [6, 6.07) is 15.0. The molecule has 178 valence electrons. The number of piperazine rings is 1. The Bertz CT molecular complexity index is 1390. The first-order valence-corrected chi connectivity index (χ1v) is 11.9. The number of aromatic amines is 1. The zero-order valence-corrected chi connectivity index (χ0v) is 19.6. The lowest BCUT2D eigenvalue weighted by molar-refractivity contribution is -0.158. The molecule has 0 radical (unpaired) electrons. The van der Waals surface area contributed by atoms with Crippen LogP contribution in [0.25, 0.3) is 10.9 Å². The number of ether oxygens (including phenoxy) is 1. The Balaban J connectivity index is 1.38. The van der Waals surface area contributed by atoms with E-state index in [0.29, 0.717) is 13.0 Å². The first kappa shape index (κ1) is 21.5. The molecule has 0 bridgehead atoms. The number of para-hydroxylation sites is 1. The van der Waals surface area contributed by atoms with E-state index in [0.717, 1.165) is 46.4 Å². The smallest absolute Gasteiger partial charge is 0.246 e. The summed E-state index contributed by atoms with van der Waals surface area (Å²) < 4.78 is 7.46. The molecule has 1 saturated heterocycles. The van der Waals surface area contributed by atoms with Gasteiger partial charge in [-0.2, -0.15) is 0 Å². The third-order valence-corrected chi connectivity index (χ3v) is 7.16. The van der Waals surface area contributed by atoms with E-state index in [1.54, 1.807) is 29.4 Å². The molecule has 2 unspecified atom stereocenters. The average Bonchev–Trinajstić information content (AvgIpc) is 3.53. The average molecular weight is 470 g/mol. The Hall–Kier alpha value is -4.07. The van der Waals surface area contributed by atoms with Gasteiger partial charge < -0.3 is 24.1 Å². The summed E-state index contributed by atoms with van der Waals surface area (Å²) in [5.74, 6) is 0.701. The standard InChI is InChI=1S/C27H27N5O3/c1-35-19-7-4-6-18(14-19)26-25-21(20-8-2-3-9-22(20)29-25)15-23-27(34)31(16-24(33)32(23)26)12-5-11-30-13-10-28-17-30/h2-4,6-10,13-14,17,23,26,29H,5,11-12,15-16H2,1H3. The van der Waals surface area contributed by atoms with E-state index in [4.69, 9.17) is 4.74 Å². The van der Waals surface area contributed by atoms with Crippen molar-refractivity contribution in [2.24, 2.45) is 0 Å². The van der Waals surface area contributed by atoms with Crippen LogP contribution in [0.4, 0.5) is 0 Å². The summed E-state index contributed by atoms with van der Waals surface area (Å²) in [5, 5.41) is 1.10. The number of rotatable bonds is 6. The van der Waals surface area contributed by atoms with Crippen molar-refractivity contribution < 1.29 is 14.3 Å². The van der Waals surface area contributed by atoms with Crippen molar-refractivity contribution in [3.63, 3.8) is 0 Å². The number of carbonyl (C=O) groups excluding carboxylic acids is 2. The van der Waals surface area contributed by atoms with Crippen LogP contribution in [0.1, 0.15) is 29.3 Å². The van der Waals surface area contributed by atoms with Gasteiger partial charge >= 0.3 is 0 Å². The highest BCUT2D eigenvalue weighted by molar-refractivity contribution is 5.97. The number of fused-ring (bicyclic) bond motifs is 4. The maximum atomic E-state index is 13.7. The van der Waals surface area contributed by atoms with Gasteiger partial charge in [0.25, 0.3) is 0 Å². The number of aryl methyl sites for hydroxylation is 1. The van der Waals surface area contributed by atoms with E-state index in [1.807, 2.05) is 53.2 Å². The van der Waals surface area contributed by atoms with Crippen LogP contribution in [0, 0.1) is 0 Å². The molecule has 2 aliphatic rings. The number of nitrogens with one attached hydrogen (secondary N) is 1. The topological polar surface area (TPSA) is 83.5 Å². The molecule has 35 heavy (non-hydrogen) atoms. The second kappa shape index (κ2) is 8.61. The minimum Gasteiger partial charge on any atom is -0.497 e. The van der Waals surface area contributed by atoms with Crippen LogP contribution in [-0.4, -0.2) is 62.4 Å². The van der Waals surface area contributed by atoms with Crippen LogP contribution in [0.5, 0.6) is 5.75 Å². The maximum Gasteiger partial charge on any atom is 0.246 e. The van der Waals surface area contributed by atoms with Crippen LogP contribution in [0.15, 0.2) is 67.3 Å². The van der Waals surface area contributed by atoms with Gasteiger partial charge in [0.05, 0.1) is 26.0 Å². The summed E-state index contributed by atoms with van der Waals surface area (Å²) in [4.78, 5) is 38.5. The number of hydrogen-bond donors (Lipinski definition) is 1. The van der Waals surface area contributed by atoms with Gasteiger partial charge in [-0.1, -0.05) is 30.3 Å². The molecule has 8 heteroatoms. The van der Waals surface area contributed by atoms with Crippen LogP contribution in [-0.2, 0) is 22.6 Å². The zero-order chi connectivity index (χ0) is 23.9. The van der Waals surface area contributed by atoms with Crippen LogP contribution in [0.3, 0.4) is 0 Å². The van der Waals surface area contributed by atoms with Gasteiger partial charge in [0.1, 0.15) is 11.8 Å². The number of amides is 2. The fourth-order valence-electron chi connectivity index (χ4n) is 5.53. The highest BCUT2D eigenvalue weighted by Crippen LogP contribution is 2.43. The Morgan fingerprint density at radius 2 is 2.00 bits per heavy atom. The zero-order valence-electron chi connectivity index (χ0n) is 19.6. The monoisotopic (exact) mass is 469 g/mol. The van der Waals surface area contributed by atoms with Crippen molar-refractivity contribution >= 4 is 22.7 Å². The molecule has 4 aromatic rings. The molecular weight excluding hydrogens is 442 g/mol. The normalized spacial score (nSPS) is 19.7. The number of imidazole rings is 1. The second-order valence-corrected chi connectivity index (χ2v) is 9.18. The molecule has 1 N–H and O–H groups in total. The molecule has 2 atom stereocenters. The minimum absolute atomic E-state index is 0.0130.